The average molecular weight is 289 g/mol. The number of fused-ring (bicyclic) bond motifs is 1. The number of hydrogen-bond donors (Lipinski definition) is 0. The first-order valence-electron chi connectivity index (χ1n) is 4.08. The molecular formula is C10H6BrFO2S. The molecule has 1 aromatic carbocycles. The van der Waals surface area contributed by atoms with Crippen molar-refractivity contribution >= 4 is 43.3 Å². The molecule has 2 nitrogen and oxygen atoms in total. The third-order valence-corrected chi connectivity index (χ3v) is 3.97. The summed E-state index contributed by atoms with van der Waals surface area (Å²) in [5.74, 6) is -0.730. The normalized spacial score (nSPS) is 10.6. The molecule has 0 saturated heterocycles. The zero-order chi connectivity index (χ0) is 11.0. The molecule has 0 aliphatic carbocycles. The van der Waals surface area contributed by atoms with E-state index in [1.54, 1.807) is 6.07 Å². The van der Waals surface area contributed by atoms with Gasteiger partial charge in [-0.05, 0) is 39.5 Å². The van der Waals surface area contributed by atoms with Crippen molar-refractivity contribution in [3.05, 3.63) is 33.4 Å². The largest absolute Gasteiger partial charge is 0.465 e. The Morgan fingerprint density at radius 1 is 1.47 bits per heavy atom. The number of hydrogen-bond acceptors (Lipinski definition) is 3. The van der Waals surface area contributed by atoms with Crippen LogP contribution in [0.3, 0.4) is 0 Å². The van der Waals surface area contributed by atoms with E-state index in [-0.39, 0.29) is 5.82 Å². The number of methoxy groups -OCH3 is 1. The Bertz CT molecular complexity index is 535. The van der Waals surface area contributed by atoms with Gasteiger partial charge < -0.3 is 4.74 Å². The van der Waals surface area contributed by atoms with E-state index in [2.05, 4.69) is 20.7 Å². The van der Waals surface area contributed by atoms with Crippen LogP contribution in [0, 0.1) is 5.82 Å². The molecule has 0 radical (unpaired) electrons. The highest BCUT2D eigenvalue weighted by molar-refractivity contribution is 9.10. The molecule has 0 amide bonds. The summed E-state index contributed by atoms with van der Waals surface area (Å²) < 4.78 is 19.1. The third-order valence-electron chi connectivity index (χ3n) is 1.92. The van der Waals surface area contributed by atoms with Gasteiger partial charge in [-0.15, -0.1) is 11.3 Å². The number of esters is 1. The maximum absolute atomic E-state index is 13.0. The van der Waals surface area contributed by atoms with Crippen molar-refractivity contribution in [1.29, 1.82) is 0 Å². The Morgan fingerprint density at radius 2 is 2.20 bits per heavy atom. The first-order chi connectivity index (χ1) is 7.11. The Hall–Kier alpha value is -0.940. The Morgan fingerprint density at radius 3 is 2.87 bits per heavy atom. The summed E-state index contributed by atoms with van der Waals surface area (Å²) in [4.78, 5) is 11.7. The molecule has 2 aromatic rings. The molecule has 0 saturated carbocycles. The third kappa shape index (κ3) is 1.89. The van der Waals surface area contributed by atoms with E-state index in [9.17, 15) is 9.18 Å². The van der Waals surface area contributed by atoms with Crippen molar-refractivity contribution in [3.63, 3.8) is 0 Å². The molecule has 78 valence electrons. The number of benzene rings is 1. The summed E-state index contributed by atoms with van der Waals surface area (Å²) in [6.07, 6.45) is 0. The van der Waals surface area contributed by atoms with E-state index in [1.165, 1.54) is 30.6 Å². The zero-order valence-corrected chi connectivity index (χ0v) is 10.1. The lowest BCUT2D eigenvalue weighted by Crippen LogP contribution is -1.96. The average Bonchev–Trinajstić information content (AvgIpc) is 2.60. The number of ether oxygens (including phenoxy) is 1. The van der Waals surface area contributed by atoms with Crippen LogP contribution in [-0.2, 0) is 4.74 Å². The van der Waals surface area contributed by atoms with Crippen LogP contribution in [0.5, 0.6) is 0 Å². The number of carbonyl (C=O) groups is 1. The van der Waals surface area contributed by atoms with Gasteiger partial charge in [0.1, 0.15) is 10.7 Å². The number of rotatable bonds is 1. The summed E-state index contributed by atoms with van der Waals surface area (Å²) in [6, 6.07) is 4.39. The molecule has 0 fully saturated rings. The second kappa shape index (κ2) is 3.90. The molecule has 15 heavy (non-hydrogen) atoms. The second-order valence-electron chi connectivity index (χ2n) is 2.91. The van der Waals surface area contributed by atoms with Gasteiger partial charge in [0.25, 0.3) is 0 Å². The summed E-state index contributed by atoms with van der Waals surface area (Å²) in [5, 5.41) is 0.701. The SMILES string of the molecule is COC(=O)c1cc2cc(F)cc(Br)c2s1. The summed E-state index contributed by atoms with van der Waals surface area (Å²) >= 11 is 4.53. The minimum atomic E-state index is -0.400. The fourth-order valence-electron chi connectivity index (χ4n) is 1.28. The standard InChI is InChI=1S/C10H6BrFO2S/c1-14-10(13)8-3-5-2-6(12)4-7(11)9(5)15-8/h2-4H,1H3. The molecular weight excluding hydrogens is 283 g/mol. The molecule has 0 aliphatic heterocycles. The van der Waals surface area contributed by atoms with E-state index in [4.69, 9.17) is 0 Å². The quantitative estimate of drug-likeness (QED) is 0.750. The maximum Gasteiger partial charge on any atom is 0.348 e. The summed E-state index contributed by atoms with van der Waals surface area (Å²) in [7, 11) is 1.32. The molecule has 0 atom stereocenters. The predicted molar refractivity (Wildman–Crippen MR) is 60.8 cm³/mol. The van der Waals surface area contributed by atoms with Gasteiger partial charge in [0.05, 0.1) is 7.11 Å². The van der Waals surface area contributed by atoms with Crippen molar-refractivity contribution in [2.45, 2.75) is 0 Å². The number of thiophene rings is 1. The van der Waals surface area contributed by atoms with Gasteiger partial charge in [-0.3, -0.25) is 0 Å². The van der Waals surface area contributed by atoms with Gasteiger partial charge in [0.2, 0.25) is 0 Å². The van der Waals surface area contributed by atoms with Crippen LogP contribution in [0.4, 0.5) is 4.39 Å². The summed E-state index contributed by atoms with van der Waals surface area (Å²) in [5.41, 5.74) is 0. The van der Waals surface area contributed by atoms with Crippen molar-refractivity contribution in [2.24, 2.45) is 0 Å². The lowest BCUT2D eigenvalue weighted by atomic mass is 10.2. The lowest BCUT2D eigenvalue weighted by Gasteiger charge is -1.93. The highest BCUT2D eigenvalue weighted by Crippen LogP contribution is 2.33. The second-order valence-corrected chi connectivity index (χ2v) is 4.81. The monoisotopic (exact) mass is 288 g/mol. The van der Waals surface area contributed by atoms with E-state index in [0.717, 1.165) is 4.70 Å². The van der Waals surface area contributed by atoms with Crippen LogP contribution in [0.25, 0.3) is 10.1 Å². The fourth-order valence-corrected chi connectivity index (χ4v) is 2.93. The first kappa shape index (κ1) is 10.6. The van der Waals surface area contributed by atoms with Gasteiger partial charge in [-0.25, -0.2) is 9.18 Å². The van der Waals surface area contributed by atoms with Crippen molar-refractivity contribution in [2.75, 3.05) is 7.11 Å². The molecule has 0 bridgehead atoms. The maximum atomic E-state index is 13.0. The van der Waals surface area contributed by atoms with E-state index >= 15 is 0 Å². The Kier molecular flexibility index (Phi) is 2.75. The smallest absolute Gasteiger partial charge is 0.348 e. The summed E-state index contributed by atoms with van der Waals surface area (Å²) in [6.45, 7) is 0. The topological polar surface area (TPSA) is 26.3 Å². The zero-order valence-electron chi connectivity index (χ0n) is 7.71. The molecule has 1 heterocycles. The highest BCUT2D eigenvalue weighted by atomic mass is 79.9. The minimum absolute atomic E-state index is 0.330. The van der Waals surface area contributed by atoms with Gasteiger partial charge in [0.15, 0.2) is 0 Å². The molecule has 0 N–H and O–H groups in total. The molecule has 0 unspecified atom stereocenters. The van der Waals surface area contributed by atoms with Crippen LogP contribution < -0.4 is 0 Å². The molecule has 0 aliphatic rings. The molecule has 5 heteroatoms. The van der Waals surface area contributed by atoms with Crippen molar-refractivity contribution in [3.8, 4) is 0 Å². The first-order valence-corrected chi connectivity index (χ1v) is 5.69. The van der Waals surface area contributed by atoms with Crippen molar-refractivity contribution in [1.82, 2.24) is 0 Å². The van der Waals surface area contributed by atoms with Gasteiger partial charge in [-0.1, -0.05) is 0 Å². The number of carbonyl (C=O) groups excluding carboxylic acids is 1. The van der Waals surface area contributed by atoms with Crippen molar-refractivity contribution < 1.29 is 13.9 Å². The predicted octanol–water partition coefficient (Wildman–Crippen LogP) is 3.59. The molecule has 1 aromatic heterocycles. The molecule has 2 rings (SSSR count). The van der Waals surface area contributed by atoms with E-state index in [0.29, 0.717) is 14.7 Å². The van der Waals surface area contributed by atoms with Crippen LogP contribution in [0.1, 0.15) is 9.67 Å². The lowest BCUT2D eigenvalue weighted by molar-refractivity contribution is 0.0606. The molecule has 0 spiro atoms. The van der Waals surface area contributed by atoms with Gasteiger partial charge >= 0.3 is 5.97 Å². The van der Waals surface area contributed by atoms with E-state index < -0.39 is 5.97 Å². The van der Waals surface area contributed by atoms with Crippen LogP contribution >= 0.6 is 27.3 Å². The van der Waals surface area contributed by atoms with Crippen LogP contribution in [0.15, 0.2) is 22.7 Å². The minimum Gasteiger partial charge on any atom is -0.465 e. The fraction of sp³-hybridized carbons (Fsp3) is 0.100. The Labute approximate surface area is 97.8 Å². The van der Waals surface area contributed by atoms with Crippen LogP contribution in [-0.4, -0.2) is 13.1 Å². The van der Waals surface area contributed by atoms with E-state index in [1.807, 2.05) is 0 Å². The van der Waals surface area contributed by atoms with Gasteiger partial charge in [0, 0.05) is 9.17 Å². The van der Waals surface area contributed by atoms with Crippen LogP contribution in [0.2, 0.25) is 0 Å². The van der Waals surface area contributed by atoms with Gasteiger partial charge in [-0.2, -0.15) is 0 Å². The number of halogens is 2. The highest BCUT2D eigenvalue weighted by Gasteiger charge is 2.12. The Balaban J connectivity index is 2.65.